The van der Waals surface area contributed by atoms with Gasteiger partial charge in [-0.1, -0.05) is 36.4 Å². The van der Waals surface area contributed by atoms with Gasteiger partial charge in [0.05, 0.1) is 0 Å². The molecule has 1 aromatic carbocycles. The third-order valence-corrected chi connectivity index (χ3v) is 4.15. The zero-order valence-electron chi connectivity index (χ0n) is 15.3. The average molecular weight is 380 g/mol. The number of nitrogens with zero attached hydrogens (tertiary/aromatic N) is 2. The first-order valence-electron chi connectivity index (χ1n) is 8.72. The molecule has 3 N–H and O–H groups in total. The highest BCUT2D eigenvalue weighted by atomic mass is 16.4. The van der Waals surface area contributed by atoms with Crippen LogP contribution in [0.3, 0.4) is 0 Å². The largest absolute Gasteiger partial charge is 0.480 e. The van der Waals surface area contributed by atoms with Gasteiger partial charge in [0.1, 0.15) is 23.9 Å². The summed E-state index contributed by atoms with van der Waals surface area (Å²) in [5, 5.41) is 13.8. The van der Waals surface area contributed by atoms with Crippen LogP contribution in [0, 0.1) is 6.92 Å². The SMILES string of the molecule is Cc1ccc2nc(C(=O)N[C@@H](Cc3ccccc3)C(=O)NCC(=O)O)cn2c1. The number of aryl methyl sites for hydroxylation is 1. The molecule has 0 spiro atoms. The van der Waals surface area contributed by atoms with E-state index in [2.05, 4.69) is 15.6 Å². The zero-order valence-corrected chi connectivity index (χ0v) is 15.3. The Bertz CT molecular complexity index is 1010. The van der Waals surface area contributed by atoms with Crippen LogP contribution in [0.2, 0.25) is 0 Å². The number of carboxylic acid groups (broad SMARTS) is 1. The standard InChI is InChI=1S/C20H20N4O4/c1-13-7-8-17-22-16(12-24(17)11-13)20(28)23-15(19(27)21-10-18(25)26)9-14-5-3-2-4-6-14/h2-8,11-12,15H,9-10H2,1H3,(H,21,27)(H,23,28)(H,25,26)/t15-/m0/s1. The minimum atomic E-state index is -1.16. The van der Waals surface area contributed by atoms with E-state index in [1.807, 2.05) is 49.5 Å². The molecule has 8 heteroatoms. The van der Waals surface area contributed by atoms with Crippen molar-refractivity contribution in [2.45, 2.75) is 19.4 Å². The molecule has 0 aliphatic rings. The highest BCUT2D eigenvalue weighted by molar-refractivity contribution is 5.97. The van der Waals surface area contributed by atoms with Crippen molar-refractivity contribution in [2.24, 2.45) is 0 Å². The van der Waals surface area contributed by atoms with Crippen LogP contribution in [0.5, 0.6) is 0 Å². The fourth-order valence-corrected chi connectivity index (χ4v) is 2.79. The molecular weight excluding hydrogens is 360 g/mol. The summed E-state index contributed by atoms with van der Waals surface area (Å²) < 4.78 is 1.74. The number of hydrogen-bond acceptors (Lipinski definition) is 4. The number of pyridine rings is 1. The van der Waals surface area contributed by atoms with Gasteiger partial charge in [0.2, 0.25) is 5.91 Å². The summed E-state index contributed by atoms with van der Waals surface area (Å²) in [7, 11) is 0. The normalized spacial score (nSPS) is 11.8. The first-order chi connectivity index (χ1) is 13.4. The number of aliphatic carboxylic acids is 1. The summed E-state index contributed by atoms with van der Waals surface area (Å²) in [4.78, 5) is 40.1. The second-order valence-electron chi connectivity index (χ2n) is 6.43. The lowest BCUT2D eigenvalue weighted by atomic mass is 10.1. The molecule has 0 aliphatic heterocycles. The van der Waals surface area contributed by atoms with Gasteiger partial charge in [-0.2, -0.15) is 0 Å². The van der Waals surface area contributed by atoms with Crippen molar-refractivity contribution in [3.05, 3.63) is 71.7 Å². The van der Waals surface area contributed by atoms with Crippen molar-refractivity contribution in [1.82, 2.24) is 20.0 Å². The van der Waals surface area contributed by atoms with Gasteiger partial charge in [0.15, 0.2) is 0 Å². The number of benzene rings is 1. The maximum atomic E-state index is 12.7. The molecule has 0 aliphatic carbocycles. The lowest BCUT2D eigenvalue weighted by molar-refractivity contribution is -0.138. The molecule has 1 atom stereocenters. The number of carbonyl (C=O) groups excluding carboxylic acids is 2. The maximum absolute atomic E-state index is 12.7. The average Bonchev–Trinajstić information content (AvgIpc) is 3.09. The number of imidazole rings is 1. The van der Waals surface area contributed by atoms with Gasteiger partial charge < -0.3 is 20.1 Å². The Hall–Kier alpha value is -3.68. The maximum Gasteiger partial charge on any atom is 0.322 e. The third-order valence-electron chi connectivity index (χ3n) is 4.15. The van der Waals surface area contributed by atoms with E-state index in [4.69, 9.17) is 5.11 Å². The predicted molar refractivity (Wildman–Crippen MR) is 102 cm³/mol. The zero-order chi connectivity index (χ0) is 20.1. The molecule has 144 valence electrons. The lowest BCUT2D eigenvalue weighted by Crippen LogP contribution is -2.49. The Labute approximate surface area is 161 Å². The van der Waals surface area contributed by atoms with Crippen molar-refractivity contribution >= 4 is 23.4 Å². The molecule has 0 fully saturated rings. The summed E-state index contributed by atoms with van der Waals surface area (Å²) in [5.41, 5.74) is 2.65. The number of carbonyl (C=O) groups is 3. The van der Waals surface area contributed by atoms with Crippen LogP contribution >= 0.6 is 0 Å². The molecule has 2 amide bonds. The fourth-order valence-electron chi connectivity index (χ4n) is 2.79. The van der Waals surface area contributed by atoms with Crippen LogP contribution in [0.15, 0.2) is 54.9 Å². The Morgan fingerprint density at radius 1 is 1.11 bits per heavy atom. The van der Waals surface area contributed by atoms with Crippen molar-refractivity contribution in [1.29, 1.82) is 0 Å². The van der Waals surface area contributed by atoms with E-state index in [1.54, 1.807) is 16.7 Å². The smallest absolute Gasteiger partial charge is 0.322 e. The quantitative estimate of drug-likeness (QED) is 0.570. The Morgan fingerprint density at radius 2 is 1.86 bits per heavy atom. The van der Waals surface area contributed by atoms with Crippen molar-refractivity contribution in [3.63, 3.8) is 0 Å². The first-order valence-corrected chi connectivity index (χ1v) is 8.72. The molecule has 0 radical (unpaired) electrons. The van der Waals surface area contributed by atoms with Crippen LogP contribution < -0.4 is 10.6 Å². The predicted octanol–water partition coefficient (Wildman–Crippen LogP) is 1.18. The molecule has 3 rings (SSSR count). The lowest BCUT2D eigenvalue weighted by Gasteiger charge is -2.17. The van der Waals surface area contributed by atoms with Crippen molar-refractivity contribution in [3.8, 4) is 0 Å². The van der Waals surface area contributed by atoms with Gasteiger partial charge in [-0.15, -0.1) is 0 Å². The minimum Gasteiger partial charge on any atom is -0.480 e. The van der Waals surface area contributed by atoms with Gasteiger partial charge in [-0.25, -0.2) is 4.98 Å². The highest BCUT2D eigenvalue weighted by Crippen LogP contribution is 2.09. The second-order valence-corrected chi connectivity index (χ2v) is 6.43. The number of nitrogens with one attached hydrogen (secondary N) is 2. The topological polar surface area (TPSA) is 113 Å². The van der Waals surface area contributed by atoms with Gasteiger partial charge in [0.25, 0.3) is 5.91 Å². The monoisotopic (exact) mass is 380 g/mol. The minimum absolute atomic E-state index is 0.176. The van der Waals surface area contributed by atoms with Gasteiger partial charge >= 0.3 is 5.97 Å². The summed E-state index contributed by atoms with van der Waals surface area (Å²) in [6, 6.07) is 11.9. The summed E-state index contributed by atoms with van der Waals surface area (Å²) in [6.07, 6.45) is 3.66. The molecule has 2 heterocycles. The van der Waals surface area contributed by atoms with Crippen LogP contribution in [0.4, 0.5) is 0 Å². The van der Waals surface area contributed by atoms with Crippen LogP contribution in [0.1, 0.15) is 21.6 Å². The number of hydrogen-bond donors (Lipinski definition) is 3. The summed E-state index contributed by atoms with van der Waals surface area (Å²) in [6.45, 7) is 1.41. The van der Waals surface area contributed by atoms with E-state index in [-0.39, 0.29) is 12.1 Å². The molecule has 28 heavy (non-hydrogen) atoms. The number of aromatic nitrogens is 2. The molecule has 8 nitrogen and oxygen atoms in total. The molecule has 0 saturated carbocycles. The molecule has 0 unspecified atom stereocenters. The molecule has 3 aromatic rings. The van der Waals surface area contributed by atoms with Crippen molar-refractivity contribution < 1.29 is 19.5 Å². The number of rotatable bonds is 7. The molecule has 0 saturated heterocycles. The van der Waals surface area contributed by atoms with E-state index < -0.39 is 30.4 Å². The van der Waals surface area contributed by atoms with Gasteiger partial charge in [0, 0.05) is 18.8 Å². The van der Waals surface area contributed by atoms with E-state index in [9.17, 15) is 14.4 Å². The first kappa shape index (κ1) is 19.1. The van der Waals surface area contributed by atoms with Gasteiger partial charge in [-0.3, -0.25) is 14.4 Å². The van der Waals surface area contributed by atoms with E-state index in [0.717, 1.165) is 11.1 Å². The third kappa shape index (κ3) is 4.73. The highest BCUT2D eigenvalue weighted by Gasteiger charge is 2.23. The van der Waals surface area contributed by atoms with Crippen LogP contribution in [-0.2, 0) is 16.0 Å². The molecule has 2 aromatic heterocycles. The van der Waals surface area contributed by atoms with Crippen LogP contribution in [0.25, 0.3) is 5.65 Å². The summed E-state index contributed by atoms with van der Waals surface area (Å²) in [5.74, 6) is -2.24. The second kappa shape index (κ2) is 8.34. The number of amides is 2. The Kier molecular flexibility index (Phi) is 5.69. The Morgan fingerprint density at radius 3 is 2.57 bits per heavy atom. The fraction of sp³-hybridized carbons (Fsp3) is 0.200. The number of carboxylic acids is 1. The van der Waals surface area contributed by atoms with Crippen molar-refractivity contribution in [2.75, 3.05) is 6.54 Å². The van der Waals surface area contributed by atoms with E-state index in [1.165, 1.54) is 0 Å². The Balaban J connectivity index is 1.78. The van der Waals surface area contributed by atoms with Gasteiger partial charge in [-0.05, 0) is 24.1 Å². The summed E-state index contributed by atoms with van der Waals surface area (Å²) >= 11 is 0. The molecule has 0 bridgehead atoms. The van der Waals surface area contributed by atoms with Crippen LogP contribution in [-0.4, -0.2) is 44.9 Å². The van der Waals surface area contributed by atoms with E-state index in [0.29, 0.717) is 5.65 Å². The number of fused-ring (bicyclic) bond motifs is 1. The van der Waals surface area contributed by atoms with E-state index >= 15 is 0 Å². The molecular formula is C20H20N4O4.